The van der Waals surface area contributed by atoms with Crippen LogP contribution in [0.25, 0.3) is 10.9 Å². The van der Waals surface area contributed by atoms with Gasteiger partial charge in [-0.1, -0.05) is 26.7 Å². The van der Waals surface area contributed by atoms with Crippen LogP contribution in [-0.4, -0.2) is 45.3 Å². The Morgan fingerprint density at radius 2 is 1.94 bits per heavy atom. The smallest absolute Gasteiger partial charge is 0.273 e. The van der Waals surface area contributed by atoms with Gasteiger partial charge < -0.3 is 20.1 Å². The van der Waals surface area contributed by atoms with E-state index in [9.17, 15) is 18.8 Å². The Bertz CT molecular complexity index is 1100. The Labute approximate surface area is 193 Å². The highest BCUT2D eigenvalue weighted by Crippen LogP contribution is 2.42. The molecule has 2 aliphatic rings. The minimum atomic E-state index is -1.09. The third kappa shape index (κ3) is 4.11. The van der Waals surface area contributed by atoms with Crippen molar-refractivity contribution in [3.05, 3.63) is 29.7 Å². The highest BCUT2D eigenvalue weighted by molar-refractivity contribution is 6.14. The molecule has 7 nitrogen and oxygen atoms in total. The van der Waals surface area contributed by atoms with Gasteiger partial charge in [0, 0.05) is 24.9 Å². The number of anilines is 1. The van der Waals surface area contributed by atoms with E-state index in [0.29, 0.717) is 34.7 Å². The number of aromatic nitrogens is 1. The van der Waals surface area contributed by atoms with Crippen LogP contribution in [-0.2, 0) is 16.1 Å². The van der Waals surface area contributed by atoms with E-state index in [1.807, 2.05) is 6.92 Å². The highest BCUT2D eigenvalue weighted by Gasteiger charge is 2.51. The van der Waals surface area contributed by atoms with Gasteiger partial charge in [-0.25, -0.2) is 4.39 Å². The van der Waals surface area contributed by atoms with Crippen LogP contribution in [0.1, 0.15) is 70.3 Å². The van der Waals surface area contributed by atoms with Gasteiger partial charge in [0.05, 0.1) is 17.7 Å². The summed E-state index contributed by atoms with van der Waals surface area (Å²) in [4.78, 5) is 41.3. The molecule has 0 saturated heterocycles. The summed E-state index contributed by atoms with van der Waals surface area (Å²) in [6, 6.07) is 4.22. The molecule has 0 radical (unpaired) electrons. The molecule has 33 heavy (non-hydrogen) atoms. The molecular weight excluding hydrogens is 423 g/mol. The minimum absolute atomic E-state index is 0.0491. The number of hydrogen-bond acceptors (Lipinski definition) is 3. The second-order valence-corrected chi connectivity index (χ2v) is 9.98. The molecule has 2 aromatic rings. The molecule has 3 amide bonds. The Balaban J connectivity index is 1.85. The lowest BCUT2D eigenvalue weighted by atomic mass is 9.91. The summed E-state index contributed by atoms with van der Waals surface area (Å²) >= 11 is 0. The molecule has 1 aliphatic carbocycles. The van der Waals surface area contributed by atoms with Crippen LogP contribution < -0.4 is 10.6 Å². The number of carbonyl (C=O) groups is 3. The molecule has 0 spiro atoms. The average molecular weight is 457 g/mol. The van der Waals surface area contributed by atoms with Crippen LogP contribution in [0.4, 0.5) is 10.1 Å². The lowest BCUT2D eigenvalue weighted by Gasteiger charge is -2.47. The van der Waals surface area contributed by atoms with Crippen LogP contribution in [0.2, 0.25) is 0 Å². The molecular formula is C25H33FN4O3. The van der Waals surface area contributed by atoms with Crippen molar-refractivity contribution in [1.29, 1.82) is 0 Å². The Morgan fingerprint density at radius 3 is 2.58 bits per heavy atom. The molecule has 0 bridgehead atoms. The van der Waals surface area contributed by atoms with Gasteiger partial charge in [-0.2, -0.15) is 0 Å². The molecule has 1 aromatic heterocycles. The van der Waals surface area contributed by atoms with Crippen molar-refractivity contribution in [2.75, 3.05) is 11.9 Å². The Morgan fingerprint density at radius 1 is 1.24 bits per heavy atom. The first-order valence-electron chi connectivity index (χ1n) is 11.8. The Hall–Kier alpha value is -2.90. The number of benzene rings is 1. The van der Waals surface area contributed by atoms with E-state index in [1.54, 1.807) is 15.5 Å². The standard InChI is InChI=1S/C25H33FN4O3/c1-15(2)11-12-27-24(33)25(4)14-29-20-10-9-17(26)13-19(20)21(28-16(3)31)22(29)23(32)30(25)18-7-5-6-8-18/h9-10,13,15,18H,5-8,11-12,14H2,1-4H3,(H,27,33)(H,28,31)/t25-/m1/s1. The third-order valence-electron chi connectivity index (χ3n) is 6.93. The maximum Gasteiger partial charge on any atom is 0.273 e. The first kappa shape index (κ1) is 23.3. The van der Waals surface area contributed by atoms with Crippen molar-refractivity contribution < 1.29 is 18.8 Å². The van der Waals surface area contributed by atoms with E-state index in [-0.39, 0.29) is 30.3 Å². The van der Waals surface area contributed by atoms with Gasteiger partial charge >= 0.3 is 0 Å². The molecule has 0 unspecified atom stereocenters. The summed E-state index contributed by atoms with van der Waals surface area (Å²) < 4.78 is 15.9. The summed E-state index contributed by atoms with van der Waals surface area (Å²) in [5.74, 6) is -0.817. The SMILES string of the molecule is CC(=O)Nc1c2n(c3ccc(F)cc13)C[C@](C)(C(=O)NCCC(C)C)N(C1CCCC1)C2=O. The zero-order chi connectivity index (χ0) is 23.9. The van der Waals surface area contributed by atoms with Crippen molar-refractivity contribution in [2.24, 2.45) is 5.92 Å². The van der Waals surface area contributed by atoms with Crippen molar-refractivity contribution in [1.82, 2.24) is 14.8 Å². The van der Waals surface area contributed by atoms with Crippen LogP contribution >= 0.6 is 0 Å². The van der Waals surface area contributed by atoms with Gasteiger partial charge in [-0.3, -0.25) is 14.4 Å². The van der Waals surface area contributed by atoms with Gasteiger partial charge in [0.1, 0.15) is 17.1 Å². The Kier molecular flexibility index (Phi) is 6.20. The van der Waals surface area contributed by atoms with Gasteiger partial charge in [-0.05, 0) is 50.3 Å². The van der Waals surface area contributed by atoms with Gasteiger partial charge in [0.15, 0.2) is 0 Å². The topological polar surface area (TPSA) is 83.4 Å². The molecule has 1 saturated carbocycles. The molecule has 2 heterocycles. The first-order chi connectivity index (χ1) is 15.6. The zero-order valence-electron chi connectivity index (χ0n) is 19.8. The van der Waals surface area contributed by atoms with E-state index >= 15 is 0 Å². The molecule has 1 aliphatic heterocycles. The number of nitrogens with zero attached hydrogens (tertiary/aromatic N) is 2. The number of hydrogen-bond donors (Lipinski definition) is 2. The van der Waals surface area contributed by atoms with Gasteiger partial charge in [0.25, 0.3) is 5.91 Å². The number of fused-ring (bicyclic) bond motifs is 3. The predicted molar refractivity (Wildman–Crippen MR) is 125 cm³/mol. The normalized spacial score (nSPS) is 21.0. The fourth-order valence-electron chi connectivity index (χ4n) is 5.32. The summed E-state index contributed by atoms with van der Waals surface area (Å²) in [6.07, 6.45) is 4.54. The second-order valence-electron chi connectivity index (χ2n) is 9.98. The van der Waals surface area contributed by atoms with Crippen molar-refractivity contribution in [3.63, 3.8) is 0 Å². The van der Waals surface area contributed by atoms with Crippen molar-refractivity contribution >= 4 is 34.3 Å². The van der Waals surface area contributed by atoms with Gasteiger partial charge in [-0.15, -0.1) is 0 Å². The summed E-state index contributed by atoms with van der Waals surface area (Å²) in [5, 5.41) is 6.27. The van der Waals surface area contributed by atoms with E-state index in [0.717, 1.165) is 32.1 Å². The number of halogens is 1. The van der Waals surface area contributed by atoms with Crippen molar-refractivity contribution in [2.45, 2.75) is 77.9 Å². The zero-order valence-corrected chi connectivity index (χ0v) is 19.8. The van der Waals surface area contributed by atoms with Crippen molar-refractivity contribution in [3.8, 4) is 0 Å². The lowest BCUT2D eigenvalue weighted by Crippen LogP contribution is -2.66. The fraction of sp³-hybridized carbons (Fsp3) is 0.560. The van der Waals surface area contributed by atoms with Crippen LogP contribution in [0.5, 0.6) is 0 Å². The minimum Gasteiger partial charge on any atom is -0.354 e. The monoisotopic (exact) mass is 456 g/mol. The number of carbonyl (C=O) groups excluding carboxylic acids is 3. The van der Waals surface area contributed by atoms with E-state index < -0.39 is 11.4 Å². The average Bonchev–Trinajstić information content (AvgIpc) is 3.34. The van der Waals surface area contributed by atoms with E-state index in [4.69, 9.17) is 0 Å². The molecule has 8 heteroatoms. The molecule has 2 N–H and O–H groups in total. The fourth-order valence-corrected chi connectivity index (χ4v) is 5.32. The largest absolute Gasteiger partial charge is 0.354 e. The molecule has 1 atom stereocenters. The van der Waals surface area contributed by atoms with E-state index in [1.165, 1.54) is 19.1 Å². The van der Waals surface area contributed by atoms with E-state index in [2.05, 4.69) is 24.5 Å². The molecule has 4 rings (SSSR count). The summed E-state index contributed by atoms with van der Waals surface area (Å²) in [6.45, 7) is 8.17. The number of rotatable bonds is 6. The van der Waals surface area contributed by atoms with Gasteiger partial charge in [0.2, 0.25) is 11.8 Å². The molecule has 1 aromatic carbocycles. The molecule has 1 fully saturated rings. The number of amides is 3. The summed E-state index contributed by atoms with van der Waals surface area (Å²) in [7, 11) is 0. The third-order valence-corrected chi connectivity index (χ3v) is 6.93. The van der Waals surface area contributed by atoms with Crippen LogP contribution in [0.15, 0.2) is 18.2 Å². The molecule has 178 valence electrons. The maximum absolute atomic E-state index is 14.1. The quantitative estimate of drug-likeness (QED) is 0.688. The second kappa shape index (κ2) is 8.80. The lowest BCUT2D eigenvalue weighted by molar-refractivity contribution is -0.134. The number of nitrogens with one attached hydrogen (secondary N) is 2. The summed E-state index contributed by atoms with van der Waals surface area (Å²) in [5.41, 5.74) is 0.150. The maximum atomic E-state index is 14.1. The first-order valence-corrected chi connectivity index (χ1v) is 11.8. The van der Waals surface area contributed by atoms with Crippen LogP contribution in [0.3, 0.4) is 0 Å². The highest BCUT2D eigenvalue weighted by atomic mass is 19.1. The predicted octanol–water partition coefficient (Wildman–Crippen LogP) is 4.06. The van der Waals surface area contributed by atoms with Crippen LogP contribution in [0, 0.1) is 11.7 Å².